The molecule has 2 atom stereocenters. The van der Waals surface area contributed by atoms with Crippen molar-refractivity contribution in [2.75, 3.05) is 26.7 Å². The predicted octanol–water partition coefficient (Wildman–Crippen LogP) is 3.13. The van der Waals surface area contributed by atoms with Gasteiger partial charge in [-0.15, -0.1) is 0 Å². The van der Waals surface area contributed by atoms with Gasteiger partial charge in [0.1, 0.15) is 0 Å². The first-order valence-corrected chi connectivity index (χ1v) is 7.75. The van der Waals surface area contributed by atoms with Crippen molar-refractivity contribution in [3.63, 3.8) is 0 Å². The highest BCUT2D eigenvalue weighted by Crippen LogP contribution is 2.26. The van der Waals surface area contributed by atoms with Crippen LogP contribution in [0.3, 0.4) is 0 Å². The molecule has 0 aliphatic carbocycles. The second-order valence-corrected chi connectivity index (χ2v) is 6.08. The fourth-order valence-corrected chi connectivity index (χ4v) is 3.57. The van der Waals surface area contributed by atoms with E-state index in [-0.39, 0.29) is 0 Å². The van der Waals surface area contributed by atoms with Crippen molar-refractivity contribution in [1.29, 1.82) is 0 Å². The lowest BCUT2D eigenvalue weighted by Gasteiger charge is -2.22. The molecule has 2 heteroatoms. The second kappa shape index (κ2) is 6.75. The molecule has 0 aromatic heterocycles. The van der Waals surface area contributed by atoms with Gasteiger partial charge in [-0.2, -0.15) is 0 Å². The summed E-state index contributed by atoms with van der Waals surface area (Å²) in [6.45, 7) is 6.34. The quantitative estimate of drug-likeness (QED) is 0.656. The van der Waals surface area contributed by atoms with Crippen LogP contribution in [0.15, 0.2) is 0 Å². The van der Waals surface area contributed by atoms with Crippen LogP contribution in [0, 0.1) is 0 Å². The van der Waals surface area contributed by atoms with Gasteiger partial charge in [-0.05, 0) is 45.8 Å². The molecule has 0 radical (unpaired) electrons. The molecule has 0 spiro atoms. The fraction of sp³-hybridized carbons (Fsp3) is 1.00. The van der Waals surface area contributed by atoms with E-state index in [0.717, 1.165) is 12.1 Å². The largest absolute Gasteiger partial charge is 0.302 e. The van der Waals surface area contributed by atoms with E-state index < -0.39 is 0 Å². The van der Waals surface area contributed by atoms with Gasteiger partial charge in [-0.3, -0.25) is 4.90 Å². The molecule has 17 heavy (non-hydrogen) atoms. The van der Waals surface area contributed by atoms with Crippen LogP contribution >= 0.6 is 0 Å². The minimum Gasteiger partial charge on any atom is -0.302 e. The maximum absolute atomic E-state index is 2.74. The summed E-state index contributed by atoms with van der Waals surface area (Å²) in [6.07, 6.45) is 11.4. The predicted molar refractivity (Wildman–Crippen MR) is 74.4 cm³/mol. The van der Waals surface area contributed by atoms with E-state index in [4.69, 9.17) is 0 Å². The third-order valence-electron chi connectivity index (χ3n) is 4.71. The lowest BCUT2D eigenvalue weighted by molar-refractivity contribution is 0.240. The zero-order valence-electron chi connectivity index (χ0n) is 11.8. The lowest BCUT2D eigenvalue weighted by Crippen LogP contribution is -2.34. The Morgan fingerprint density at radius 1 is 1.06 bits per heavy atom. The smallest absolute Gasteiger partial charge is 0.0238 e. The Hall–Kier alpha value is -0.0800. The molecule has 2 aliphatic rings. The Morgan fingerprint density at radius 3 is 2.53 bits per heavy atom. The summed E-state index contributed by atoms with van der Waals surface area (Å²) in [7, 11) is 2.33. The van der Waals surface area contributed by atoms with Crippen molar-refractivity contribution < 1.29 is 0 Å². The Balaban J connectivity index is 1.69. The Morgan fingerprint density at radius 2 is 1.82 bits per heavy atom. The van der Waals surface area contributed by atoms with Crippen molar-refractivity contribution >= 4 is 0 Å². The Kier molecular flexibility index (Phi) is 5.30. The molecule has 2 heterocycles. The van der Waals surface area contributed by atoms with Gasteiger partial charge in [-0.1, -0.05) is 32.6 Å². The lowest BCUT2D eigenvalue weighted by atomic mass is 10.0. The van der Waals surface area contributed by atoms with Gasteiger partial charge in [0.25, 0.3) is 0 Å². The monoisotopic (exact) mass is 238 g/mol. The zero-order chi connectivity index (χ0) is 12.1. The van der Waals surface area contributed by atoms with Gasteiger partial charge in [0, 0.05) is 18.6 Å². The van der Waals surface area contributed by atoms with E-state index in [0.29, 0.717) is 0 Å². The van der Waals surface area contributed by atoms with E-state index in [1.807, 2.05) is 0 Å². The highest BCUT2D eigenvalue weighted by molar-refractivity contribution is 4.90. The highest BCUT2D eigenvalue weighted by Gasteiger charge is 2.33. The first-order chi connectivity index (χ1) is 8.31. The third-order valence-corrected chi connectivity index (χ3v) is 4.71. The number of hydrogen-bond donors (Lipinski definition) is 0. The summed E-state index contributed by atoms with van der Waals surface area (Å²) in [4.78, 5) is 5.36. The molecule has 0 aromatic rings. The molecule has 100 valence electrons. The first-order valence-electron chi connectivity index (χ1n) is 7.75. The van der Waals surface area contributed by atoms with E-state index in [1.54, 1.807) is 0 Å². The minimum atomic E-state index is 0.873. The molecule has 2 nitrogen and oxygen atoms in total. The summed E-state index contributed by atoms with van der Waals surface area (Å²) < 4.78 is 0. The van der Waals surface area contributed by atoms with Crippen LogP contribution in [-0.4, -0.2) is 48.6 Å². The van der Waals surface area contributed by atoms with Crippen LogP contribution in [0.1, 0.15) is 58.3 Å². The highest BCUT2D eigenvalue weighted by atomic mass is 15.3. The van der Waals surface area contributed by atoms with Crippen molar-refractivity contribution in [3.05, 3.63) is 0 Å². The van der Waals surface area contributed by atoms with Crippen LogP contribution in [0.5, 0.6) is 0 Å². The summed E-state index contributed by atoms with van der Waals surface area (Å²) in [5.74, 6) is 0. The molecule has 2 aliphatic heterocycles. The summed E-state index contributed by atoms with van der Waals surface area (Å²) in [6, 6.07) is 1.75. The molecule has 2 rings (SSSR count). The number of nitrogens with zero attached hydrogens (tertiary/aromatic N) is 2. The Labute approximate surface area is 107 Å². The van der Waals surface area contributed by atoms with E-state index in [2.05, 4.69) is 23.8 Å². The van der Waals surface area contributed by atoms with E-state index in [9.17, 15) is 0 Å². The molecule has 0 amide bonds. The number of unbranched alkanes of at least 4 members (excludes halogenated alkanes) is 3. The topological polar surface area (TPSA) is 6.48 Å². The summed E-state index contributed by atoms with van der Waals surface area (Å²) in [5, 5.41) is 0. The van der Waals surface area contributed by atoms with Crippen LogP contribution < -0.4 is 0 Å². The molecule has 2 saturated heterocycles. The van der Waals surface area contributed by atoms with Crippen LogP contribution in [-0.2, 0) is 0 Å². The normalized spacial score (nSPS) is 31.4. The average Bonchev–Trinajstić information content (AvgIpc) is 2.94. The molecule has 0 bridgehead atoms. The van der Waals surface area contributed by atoms with Crippen molar-refractivity contribution in [3.8, 4) is 0 Å². The van der Waals surface area contributed by atoms with E-state index >= 15 is 0 Å². The average molecular weight is 238 g/mol. The molecule has 0 N–H and O–H groups in total. The van der Waals surface area contributed by atoms with Gasteiger partial charge < -0.3 is 4.90 Å². The molecule has 2 unspecified atom stereocenters. The molecule has 0 saturated carbocycles. The maximum atomic E-state index is 2.74. The SMILES string of the molecule is CCCCCCC1CC(N2CCCC2)CN1C. The number of rotatable bonds is 6. The zero-order valence-corrected chi connectivity index (χ0v) is 11.8. The first kappa shape index (κ1) is 13.4. The van der Waals surface area contributed by atoms with E-state index in [1.165, 1.54) is 71.0 Å². The maximum Gasteiger partial charge on any atom is 0.0238 e. The van der Waals surface area contributed by atoms with Gasteiger partial charge in [0.2, 0.25) is 0 Å². The molecule has 0 aromatic carbocycles. The standard InChI is InChI=1S/C15H30N2/c1-3-4-5-6-9-14-12-15(13-16(14)2)17-10-7-8-11-17/h14-15H,3-13H2,1-2H3. The van der Waals surface area contributed by atoms with Gasteiger partial charge in [-0.25, -0.2) is 0 Å². The fourth-order valence-electron chi connectivity index (χ4n) is 3.57. The third kappa shape index (κ3) is 3.69. The Bertz CT molecular complexity index is 211. The van der Waals surface area contributed by atoms with Crippen LogP contribution in [0.2, 0.25) is 0 Å². The van der Waals surface area contributed by atoms with Crippen molar-refractivity contribution in [2.45, 2.75) is 70.4 Å². The second-order valence-electron chi connectivity index (χ2n) is 6.08. The van der Waals surface area contributed by atoms with Crippen molar-refractivity contribution in [1.82, 2.24) is 9.80 Å². The summed E-state index contributed by atoms with van der Waals surface area (Å²) in [5.41, 5.74) is 0. The molecular formula is C15H30N2. The number of hydrogen-bond acceptors (Lipinski definition) is 2. The minimum absolute atomic E-state index is 0.873. The van der Waals surface area contributed by atoms with Gasteiger partial charge in [0.15, 0.2) is 0 Å². The molecular weight excluding hydrogens is 208 g/mol. The van der Waals surface area contributed by atoms with Gasteiger partial charge >= 0.3 is 0 Å². The van der Waals surface area contributed by atoms with Crippen LogP contribution in [0.25, 0.3) is 0 Å². The number of likely N-dealkylation sites (N-methyl/N-ethyl adjacent to an activating group) is 1. The van der Waals surface area contributed by atoms with Gasteiger partial charge in [0.05, 0.1) is 0 Å². The van der Waals surface area contributed by atoms with Crippen molar-refractivity contribution in [2.24, 2.45) is 0 Å². The summed E-state index contributed by atoms with van der Waals surface area (Å²) >= 11 is 0. The molecule has 2 fully saturated rings. The van der Waals surface area contributed by atoms with Crippen LogP contribution in [0.4, 0.5) is 0 Å². The number of likely N-dealkylation sites (tertiary alicyclic amines) is 2.